The second kappa shape index (κ2) is 7.62. The molecule has 1 aliphatic rings. The molecule has 4 atom stereocenters. The summed E-state index contributed by atoms with van der Waals surface area (Å²) in [4.78, 5) is 25.8. The Morgan fingerprint density at radius 1 is 1.25 bits per heavy atom. The van der Waals surface area contributed by atoms with Crippen molar-refractivity contribution in [1.82, 2.24) is 10.2 Å². The SMILES string of the molecule is CCN(CC)CC(C)NC(=O)[C@H]1CC(C)C[C@H]1C(=O)O. The number of aliphatic carboxylic acids is 1. The van der Waals surface area contributed by atoms with Crippen molar-refractivity contribution in [1.29, 1.82) is 0 Å². The Morgan fingerprint density at radius 2 is 1.80 bits per heavy atom. The average Bonchev–Trinajstić information content (AvgIpc) is 2.78. The Hall–Kier alpha value is -1.10. The highest BCUT2D eigenvalue weighted by Crippen LogP contribution is 2.36. The van der Waals surface area contributed by atoms with Gasteiger partial charge in [0.05, 0.1) is 11.8 Å². The summed E-state index contributed by atoms with van der Waals surface area (Å²) in [5.74, 6) is -1.52. The van der Waals surface area contributed by atoms with Gasteiger partial charge in [-0.25, -0.2) is 0 Å². The quantitative estimate of drug-likeness (QED) is 0.744. The first kappa shape index (κ1) is 17.0. The van der Waals surface area contributed by atoms with E-state index in [0.717, 1.165) is 19.6 Å². The number of hydrogen-bond acceptors (Lipinski definition) is 3. The largest absolute Gasteiger partial charge is 0.481 e. The second-order valence-corrected chi connectivity index (χ2v) is 6.02. The summed E-state index contributed by atoms with van der Waals surface area (Å²) >= 11 is 0. The number of rotatable bonds is 7. The fourth-order valence-corrected chi connectivity index (χ4v) is 3.12. The molecule has 2 N–H and O–H groups in total. The number of likely N-dealkylation sites (N-methyl/N-ethyl adjacent to an activating group) is 1. The lowest BCUT2D eigenvalue weighted by atomic mass is 9.95. The molecule has 20 heavy (non-hydrogen) atoms. The van der Waals surface area contributed by atoms with Crippen LogP contribution in [0.15, 0.2) is 0 Å². The van der Waals surface area contributed by atoms with Crippen LogP contribution < -0.4 is 5.32 Å². The van der Waals surface area contributed by atoms with Crippen molar-refractivity contribution in [2.24, 2.45) is 17.8 Å². The molecule has 1 saturated carbocycles. The Balaban J connectivity index is 2.54. The van der Waals surface area contributed by atoms with E-state index in [2.05, 4.69) is 24.1 Å². The molecule has 116 valence electrons. The third kappa shape index (κ3) is 4.47. The van der Waals surface area contributed by atoms with Crippen molar-refractivity contribution >= 4 is 11.9 Å². The van der Waals surface area contributed by atoms with Crippen molar-refractivity contribution in [2.75, 3.05) is 19.6 Å². The van der Waals surface area contributed by atoms with Crippen LogP contribution >= 0.6 is 0 Å². The van der Waals surface area contributed by atoms with Gasteiger partial charge in [0.15, 0.2) is 0 Å². The van der Waals surface area contributed by atoms with Crippen LogP contribution in [-0.4, -0.2) is 47.6 Å². The van der Waals surface area contributed by atoms with Crippen molar-refractivity contribution in [3.8, 4) is 0 Å². The van der Waals surface area contributed by atoms with Crippen LogP contribution in [0.25, 0.3) is 0 Å². The minimum atomic E-state index is -0.842. The maximum absolute atomic E-state index is 12.3. The number of carboxylic acid groups (broad SMARTS) is 1. The van der Waals surface area contributed by atoms with Crippen LogP contribution in [0.4, 0.5) is 0 Å². The third-order valence-electron chi connectivity index (χ3n) is 4.27. The lowest BCUT2D eigenvalue weighted by Crippen LogP contribution is -2.45. The summed E-state index contributed by atoms with van der Waals surface area (Å²) in [5, 5.41) is 12.2. The number of carbonyl (C=O) groups excluding carboxylic acids is 1. The van der Waals surface area contributed by atoms with Crippen LogP contribution in [-0.2, 0) is 9.59 Å². The highest BCUT2D eigenvalue weighted by Gasteiger charge is 2.41. The van der Waals surface area contributed by atoms with Crippen LogP contribution in [0.1, 0.15) is 40.5 Å². The van der Waals surface area contributed by atoms with E-state index in [1.807, 2.05) is 13.8 Å². The predicted octanol–water partition coefficient (Wildman–Crippen LogP) is 1.58. The first-order chi connectivity index (χ1) is 9.38. The zero-order chi connectivity index (χ0) is 15.3. The van der Waals surface area contributed by atoms with Crippen molar-refractivity contribution < 1.29 is 14.7 Å². The molecule has 0 radical (unpaired) electrons. The molecule has 5 heteroatoms. The molecule has 0 aromatic heterocycles. The summed E-state index contributed by atoms with van der Waals surface area (Å²) in [7, 11) is 0. The smallest absolute Gasteiger partial charge is 0.307 e. The van der Waals surface area contributed by atoms with E-state index in [9.17, 15) is 14.7 Å². The van der Waals surface area contributed by atoms with Gasteiger partial charge in [0.25, 0.3) is 0 Å². The van der Waals surface area contributed by atoms with Crippen molar-refractivity contribution in [3.05, 3.63) is 0 Å². The number of carbonyl (C=O) groups is 2. The summed E-state index contributed by atoms with van der Waals surface area (Å²) < 4.78 is 0. The molecular weight excluding hydrogens is 256 g/mol. The molecule has 1 amide bonds. The molecule has 1 rings (SSSR count). The average molecular weight is 284 g/mol. The van der Waals surface area contributed by atoms with Crippen molar-refractivity contribution in [3.63, 3.8) is 0 Å². The zero-order valence-electron chi connectivity index (χ0n) is 13.1. The maximum Gasteiger partial charge on any atom is 0.307 e. The Morgan fingerprint density at radius 3 is 2.30 bits per heavy atom. The molecule has 0 spiro atoms. The van der Waals surface area contributed by atoms with Gasteiger partial charge in [-0.3, -0.25) is 9.59 Å². The predicted molar refractivity (Wildman–Crippen MR) is 78.4 cm³/mol. The standard InChI is InChI=1S/C15H28N2O3/c1-5-17(6-2)9-11(4)16-14(18)12-7-10(3)8-13(12)15(19)20/h10-13H,5-9H2,1-4H3,(H,16,18)(H,19,20)/t10?,11?,12-,13+/m0/s1. The molecule has 0 saturated heterocycles. The van der Waals surface area contributed by atoms with Crippen LogP contribution in [0.2, 0.25) is 0 Å². The molecule has 0 aromatic carbocycles. The number of amides is 1. The van der Waals surface area contributed by atoms with Gasteiger partial charge in [0.1, 0.15) is 0 Å². The van der Waals surface area contributed by atoms with Gasteiger partial charge in [-0.2, -0.15) is 0 Å². The van der Waals surface area contributed by atoms with Crippen molar-refractivity contribution in [2.45, 2.75) is 46.6 Å². The molecule has 0 aliphatic heterocycles. The Bertz CT molecular complexity index is 342. The van der Waals surface area contributed by atoms with Gasteiger partial charge in [-0.05, 0) is 38.8 Å². The maximum atomic E-state index is 12.3. The fourth-order valence-electron chi connectivity index (χ4n) is 3.12. The van der Waals surface area contributed by atoms with E-state index in [-0.39, 0.29) is 17.9 Å². The van der Waals surface area contributed by atoms with E-state index in [1.165, 1.54) is 0 Å². The number of nitrogens with one attached hydrogen (secondary N) is 1. The first-order valence-corrected chi connectivity index (χ1v) is 7.64. The molecule has 5 nitrogen and oxygen atoms in total. The number of hydrogen-bond donors (Lipinski definition) is 2. The second-order valence-electron chi connectivity index (χ2n) is 6.02. The monoisotopic (exact) mass is 284 g/mol. The minimum Gasteiger partial charge on any atom is -0.481 e. The van der Waals surface area contributed by atoms with Gasteiger partial charge in [0.2, 0.25) is 5.91 Å². The summed E-state index contributed by atoms with van der Waals surface area (Å²) in [6.07, 6.45) is 1.29. The van der Waals surface area contributed by atoms with Crippen LogP contribution in [0, 0.1) is 17.8 Å². The first-order valence-electron chi connectivity index (χ1n) is 7.64. The van der Waals surface area contributed by atoms with E-state index in [4.69, 9.17) is 0 Å². The third-order valence-corrected chi connectivity index (χ3v) is 4.27. The molecule has 0 bridgehead atoms. The lowest BCUT2D eigenvalue weighted by molar-refractivity contribution is -0.146. The van der Waals surface area contributed by atoms with E-state index >= 15 is 0 Å². The topological polar surface area (TPSA) is 69.6 Å². The molecule has 1 aliphatic carbocycles. The Kier molecular flexibility index (Phi) is 6.46. The van der Waals surface area contributed by atoms with Crippen LogP contribution in [0.5, 0.6) is 0 Å². The summed E-state index contributed by atoms with van der Waals surface area (Å²) in [5.41, 5.74) is 0. The fraction of sp³-hybridized carbons (Fsp3) is 0.867. The molecule has 0 heterocycles. The summed E-state index contributed by atoms with van der Waals surface area (Å²) in [6, 6.07) is 0.0488. The van der Waals surface area contributed by atoms with E-state index < -0.39 is 11.9 Å². The minimum absolute atomic E-state index is 0.0488. The lowest BCUT2D eigenvalue weighted by Gasteiger charge is -2.25. The number of carboxylic acids is 1. The van der Waals surface area contributed by atoms with Gasteiger partial charge < -0.3 is 15.3 Å². The molecule has 2 unspecified atom stereocenters. The van der Waals surface area contributed by atoms with E-state index in [1.54, 1.807) is 0 Å². The normalized spacial score (nSPS) is 27.6. The Labute approximate surface area is 121 Å². The zero-order valence-corrected chi connectivity index (χ0v) is 13.1. The highest BCUT2D eigenvalue weighted by atomic mass is 16.4. The summed E-state index contributed by atoms with van der Waals surface area (Å²) in [6.45, 7) is 10.9. The number of nitrogens with zero attached hydrogens (tertiary/aromatic N) is 1. The molecule has 0 aromatic rings. The van der Waals surface area contributed by atoms with Gasteiger partial charge in [-0.15, -0.1) is 0 Å². The van der Waals surface area contributed by atoms with E-state index in [0.29, 0.717) is 18.8 Å². The molecule has 1 fully saturated rings. The highest BCUT2D eigenvalue weighted by molar-refractivity contribution is 5.85. The van der Waals surface area contributed by atoms with Gasteiger partial charge >= 0.3 is 5.97 Å². The van der Waals surface area contributed by atoms with Gasteiger partial charge in [0, 0.05) is 12.6 Å². The van der Waals surface area contributed by atoms with Crippen LogP contribution in [0.3, 0.4) is 0 Å². The van der Waals surface area contributed by atoms with Gasteiger partial charge in [-0.1, -0.05) is 20.8 Å². The molecular formula is C15H28N2O3.